The topological polar surface area (TPSA) is 84.6 Å². The monoisotopic (exact) mass is 226 g/mol. The number of non-ortho nitro benzene ring substituents is 1. The number of hydrogen-bond donors (Lipinski definition) is 2. The van der Waals surface area contributed by atoms with E-state index >= 15 is 0 Å². The first-order valence-electron chi connectivity index (χ1n) is 4.83. The number of hydrogen-bond acceptors (Lipinski definition) is 5. The summed E-state index contributed by atoms with van der Waals surface area (Å²) in [4.78, 5) is 9.91. The molecule has 1 aromatic rings. The number of nitro benzene ring substituents is 1. The molecule has 88 valence electrons. The zero-order valence-corrected chi connectivity index (χ0v) is 8.92. The molecule has 6 nitrogen and oxygen atoms in total. The lowest BCUT2D eigenvalue weighted by molar-refractivity contribution is -0.384. The molecule has 0 saturated heterocycles. The summed E-state index contributed by atoms with van der Waals surface area (Å²) in [5.74, 6) is 0.501. The minimum absolute atomic E-state index is 0.0168. The number of rotatable bonds is 6. The van der Waals surface area contributed by atoms with Crippen molar-refractivity contribution in [3.05, 3.63) is 34.4 Å². The SMILES string of the molecule is CNC[C@H](O)COc1ccc([N+](=O)[O-])cc1. The minimum atomic E-state index is -0.597. The van der Waals surface area contributed by atoms with E-state index in [0.717, 1.165) is 0 Å². The van der Waals surface area contributed by atoms with E-state index in [1.165, 1.54) is 24.3 Å². The number of ether oxygens (including phenoxy) is 1. The molecule has 0 spiro atoms. The van der Waals surface area contributed by atoms with Crippen LogP contribution in [0.25, 0.3) is 0 Å². The van der Waals surface area contributed by atoms with Crippen molar-refractivity contribution in [1.29, 1.82) is 0 Å². The summed E-state index contributed by atoms with van der Waals surface area (Å²) >= 11 is 0. The van der Waals surface area contributed by atoms with Gasteiger partial charge in [0.05, 0.1) is 4.92 Å². The van der Waals surface area contributed by atoms with Gasteiger partial charge in [0.25, 0.3) is 5.69 Å². The van der Waals surface area contributed by atoms with E-state index in [-0.39, 0.29) is 12.3 Å². The van der Waals surface area contributed by atoms with Crippen molar-refractivity contribution in [3.8, 4) is 5.75 Å². The van der Waals surface area contributed by atoms with Gasteiger partial charge in [0.15, 0.2) is 0 Å². The Balaban J connectivity index is 2.46. The smallest absolute Gasteiger partial charge is 0.269 e. The summed E-state index contributed by atoms with van der Waals surface area (Å²) < 4.78 is 5.24. The van der Waals surface area contributed by atoms with Gasteiger partial charge in [0.1, 0.15) is 18.5 Å². The first kappa shape index (κ1) is 12.4. The predicted octanol–water partition coefficient (Wildman–Crippen LogP) is 0.554. The highest BCUT2D eigenvalue weighted by atomic mass is 16.6. The van der Waals surface area contributed by atoms with Crippen LogP contribution < -0.4 is 10.1 Å². The summed E-state index contributed by atoms with van der Waals surface area (Å²) in [6, 6.07) is 5.73. The third-order valence-electron chi connectivity index (χ3n) is 1.93. The van der Waals surface area contributed by atoms with Crippen LogP contribution in [0.1, 0.15) is 0 Å². The van der Waals surface area contributed by atoms with Gasteiger partial charge in [0, 0.05) is 18.7 Å². The highest BCUT2D eigenvalue weighted by Gasteiger charge is 2.06. The molecule has 0 aliphatic carbocycles. The molecule has 0 radical (unpaired) electrons. The van der Waals surface area contributed by atoms with E-state index in [1.807, 2.05) is 0 Å². The summed E-state index contributed by atoms with van der Waals surface area (Å²) in [7, 11) is 1.73. The zero-order chi connectivity index (χ0) is 12.0. The fraction of sp³-hybridized carbons (Fsp3) is 0.400. The standard InChI is InChI=1S/C10H14N2O4/c1-11-6-9(13)7-16-10-4-2-8(3-5-10)12(14)15/h2-5,9,11,13H,6-7H2,1H3/t9-/m0/s1. The van der Waals surface area contributed by atoms with Crippen LogP contribution >= 0.6 is 0 Å². The molecule has 0 fully saturated rings. The van der Waals surface area contributed by atoms with Crippen molar-refractivity contribution in [2.45, 2.75) is 6.10 Å². The van der Waals surface area contributed by atoms with Crippen molar-refractivity contribution in [2.75, 3.05) is 20.2 Å². The maximum Gasteiger partial charge on any atom is 0.269 e. The molecule has 0 bridgehead atoms. The first-order chi connectivity index (χ1) is 7.63. The molecule has 0 unspecified atom stereocenters. The van der Waals surface area contributed by atoms with E-state index in [9.17, 15) is 15.2 Å². The van der Waals surface area contributed by atoms with Gasteiger partial charge >= 0.3 is 0 Å². The Labute approximate surface area is 93.0 Å². The molecule has 16 heavy (non-hydrogen) atoms. The van der Waals surface area contributed by atoms with E-state index in [4.69, 9.17) is 4.74 Å². The summed E-state index contributed by atoms with van der Waals surface area (Å²) in [5, 5.41) is 22.5. The number of benzene rings is 1. The molecule has 0 aliphatic heterocycles. The third kappa shape index (κ3) is 3.84. The Morgan fingerprint density at radius 3 is 2.62 bits per heavy atom. The van der Waals surface area contributed by atoms with Gasteiger partial charge in [0.2, 0.25) is 0 Å². The number of aliphatic hydroxyl groups is 1. The second kappa shape index (κ2) is 6.04. The van der Waals surface area contributed by atoms with Crippen molar-refractivity contribution < 1.29 is 14.8 Å². The van der Waals surface area contributed by atoms with Gasteiger partial charge in [-0.25, -0.2) is 0 Å². The lowest BCUT2D eigenvalue weighted by Gasteiger charge is -2.11. The van der Waals surface area contributed by atoms with Crippen molar-refractivity contribution >= 4 is 5.69 Å². The van der Waals surface area contributed by atoms with Gasteiger partial charge in [-0.3, -0.25) is 10.1 Å². The molecular formula is C10H14N2O4. The average molecular weight is 226 g/mol. The second-order valence-corrected chi connectivity index (χ2v) is 3.27. The van der Waals surface area contributed by atoms with Crippen LogP contribution in [0.5, 0.6) is 5.75 Å². The van der Waals surface area contributed by atoms with E-state index in [2.05, 4.69) is 5.32 Å². The highest BCUT2D eigenvalue weighted by Crippen LogP contribution is 2.17. The van der Waals surface area contributed by atoms with E-state index in [0.29, 0.717) is 12.3 Å². The molecule has 6 heteroatoms. The van der Waals surface area contributed by atoms with E-state index in [1.54, 1.807) is 7.05 Å². The molecule has 1 atom stereocenters. The first-order valence-corrected chi connectivity index (χ1v) is 4.83. The second-order valence-electron chi connectivity index (χ2n) is 3.27. The quantitative estimate of drug-likeness (QED) is 0.546. The van der Waals surface area contributed by atoms with Gasteiger partial charge < -0.3 is 15.2 Å². The number of nitrogens with zero attached hydrogens (tertiary/aromatic N) is 1. The molecule has 2 N–H and O–H groups in total. The fourth-order valence-electron chi connectivity index (χ4n) is 1.15. The third-order valence-corrected chi connectivity index (χ3v) is 1.93. The lowest BCUT2D eigenvalue weighted by Crippen LogP contribution is -2.29. The predicted molar refractivity (Wildman–Crippen MR) is 58.5 cm³/mol. The van der Waals surface area contributed by atoms with Crippen LogP contribution in [0.3, 0.4) is 0 Å². The summed E-state index contributed by atoms with van der Waals surface area (Å²) in [5.41, 5.74) is 0.0168. The van der Waals surface area contributed by atoms with Crippen LogP contribution in [0.2, 0.25) is 0 Å². The fourth-order valence-corrected chi connectivity index (χ4v) is 1.15. The minimum Gasteiger partial charge on any atom is -0.491 e. The largest absolute Gasteiger partial charge is 0.491 e. The molecule has 1 aromatic carbocycles. The molecule has 0 amide bonds. The Kier molecular flexibility index (Phi) is 4.68. The number of nitro groups is 1. The Morgan fingerprint density at radius 2 is 2.12 bits per heavy atom. The molecule has 1 rings (SSSR count). The van der Waals surface area contributed by atoms with Crippen LogP contribution in [-0.2, 0) is 0 Å². The zero-order valence-electron chi connectivity index (χ0n) is 8.92. The average Bonchev–Trinajstić information content (AvgIpc) is 2.27. The molecule has 0 saturated carbocycles. The molecule has 0 heterocycles. The van der Waals surface area contributed by atoms with E-state index < -0.39 is 11.0 Å². The Morgan fingerprint density at radius 1 is 1.50 bits per heavy atom. The summed E-state index contributed by atoms with van der Waals surface area (Å²) in [6.45, 7) is 0.589. The van der Waals surface area contributed by atoms with Crippen molar-refractivity contribution in [1.82, 2.24) is 5.32 Å². The normalized spacial score (nSPS) is 12.1. The van der Waals surface area contributed by atoms with Crippen LogP contribution in [0.15, 0.2) is 24.3 Å². The van der Waals surface area contributed by atoms with Crippen molar-refractivity contribution in [2.24, 2.45) is 0 Å². The highest BCUT2D eigenvalue weighted by molar-refractivity contribution is 5.35. The van der Waals surface area contributed by atoms with Gasteiger partial charge in [-0.1, -0.05) is 0 Å². The maximum absolute atomic E-state index is 10.4. The van der Waals surface area contributed by atoms with Gasteiger partial charge in [-0.15, -0.1) is 0 Å². The summed E-state index contributed by atoms with van der Waals surface area (Å²) in [6.07, 6.45) is -0.597. The number of nitrogens with one attached hydrogen (secondary N) is 1. The maximum atomic E-state index is 10.4. The van der Waals surface area contributed by atoms with Crippen molar-refractivity contribution in [3.63, 3.8) is 0 Å². The number of likely N-dealkylation sites (N-methyl/N-ethyl adjacent to an activating group) is 1. The molecule has 0 aromatic heterocycles. The van der Waals surface area contributed by atoms with Gasteiger partial charge in [-0.05, 0) is 19.2 Å². The Bertz CT molecular complexity index is 339. The number of aliphatic hydroxyl groups excluding tert-OH is 1. The van der Waals surface area contributed by atoms with Gasteiger partial charge in [-0.2, -0.15) is 0 Å². The van der Waals surface area contributed by atoms with Crippen LogP contribution in [0, 0.1) is 10.1 Å². The Hall–Kier alpha value is -1.66. The van der Waals surface area contributed by atoms with Crippen LogP contribution in [0.4, 0.5) is 5.69 Å². The molecule has 0 aliphatic rings. The van der Waals surface area contributed by atoms with Crippen LogP contribution in [-0.4, -0.2) is 36.3 Å². The lowest BCUT2D eigenvalue weighted by atomic mass is 10.3. The molecular weight excluding hydrogens is 212 g/mol.